The second-order valence-electron chi connectivity index (χ2n) is 6.69. The number of nitrogens with zero attached hydrogens (tertiary/aromatic N) is 2. The lowest BCUT2D eigenvalue weighted by Gasteiger charge is -2.31. The van der Waals surface area contributed by atoms with Crippen LogP contribution in [0.4, 0.5) is 0 Å². The Morgan fingerprint density at radius 3 is 2.80 bits per heavy atom. The molecule has 1 aliphatic carbocycles. The van der Waals surface area contributed by atoms with E-state index in [0.717, 1.165) is 37.6 Å². The van der Waals surface area contributed by atoms with Crippen LogP contribution in [0.1, 0.15) is 51.4 Å². The van der Waals surface area contributed by atoms with Crippen LogP contribution < -0.4 is 10.6 Å². The van der Waals surface area contributed by atoms with Gasteiger partial charge in [0, 0.05) is 32.2 Å². The number of hydrogen-bond acceptors (Lipinski definition) is 4. The first-order valence-electron chi connectivity index (χ1n) is 8.68. The predicted molar refractivity (Wildman–Crippen MR) is 84.1 cm³/mol. The first kappa shape index (κ1) is 14.2. The summed E-state index contributed by atoms with van der Waals surface area (Å²) in [5.41, 5.74) is 0. The number of rotatable bonds is 4. The van der Waals surface area contributed by atoms with E-state index in [1.807, 2.05) is 0 Å². The summed E-state index contributed by atoms with van der Waals surface area (Å²) in [7, 11) is 0. The molecule has 4 nitrogen and oxygen atoms in total. The van der Waals surface area contributed by atoms with Gasteiger partial charge >= 0.3 is 0 Å². The topological polar surface area (TPSA) is 39.7 Å². The van der Waals surface area contributed by atoms with Crippen LogP contribution in [0.2, 0.25) is 0 Å². The van der Waals surface area contributed by atoms with Crippen LogP contribution in [0, 0.1) is 5.92 Å². The molecule has 2 fully saturated rings. The Morgan fingerprint density at radius 2 is 2.00 bits per heavy atom. The molecule has 0 bridgehead atoms. The van der Waals surface area contributed by atoms with Crippen molar-refractivity contribution in [2.45, 2.75) is 57.4 Å². The minimum absolute atomic E-state index is 0.725. The summed E-state index contributed by atoms with van der Waals surface area (Å²) in [6, 6.07) is 0.725. The van der Waals surface area contributed by atoms with Crippen LogP contribution in [0.3, 0.4) is 0 Å². The Morgan fingerprint density at radius 1 is 1.10 bits per heavy atom. The zero-order chi connectivity index (χ0) is 13.6. The van der Waals surface area contributed by atoms with E-state index in [1.165, 1.54) is 64.5 Å². The number of hydrogen-bond donors (Lipinski definition) is 2. The van der Waals surface area contributed by atoms with Crippen LogP contribution in [-0.2, 0) is 0 Å². The molecule has 1 saturated carbocycles. The molecule has 0 aromatic carbocycles. The largest absolute Gasteiger partial charge is 0.356 e. The molecule has 114 valence electrons. The van der Waals surface area contributed by atoms with E-state index in [1.54, 1.807) is 0 Å². The Kier molecular flexibility index (Phi) is 5.17. The highest BCUT2D eigenvalue weighted by Crippen LogP contribution is 2.27. The van der Waals surface area contributed by atoms with Crippen molar-refractivity contribution in [1.82, 2.24) is 15.5 Å². The summed E-state index contributed by atoms with van der Waals surface area (Å²) in [6.07, 6.45) is 11.2. The molecular weight excluding hydrogens is 248 g/mol. The minimum atomic E-state index is 0.725. The predicted octanol–water partition coefficient (Wildman–Crippen LogP) is 1.97. The average molecular weight is 278 g/mol. The summed E-state index contributed by atoms with van der Waals surface area (Å²) in [4.78, 5) is 7.25. The molecule has 0 amide bonds. The van der Waals surface area contributed by atoms with E-state index < -0.39 is 0 Å². The Balaban J connectivity index is 1.44. The molecule has 2 heterocycles. The molecule has 3 aliphatic rings. The van der Waals surface area contributed by atoms with Crippen LogP contribution >= 0.6 is 0 Å². The average Bonchev–Trinajstić information content (AvgIpc) is 2.94. The van der Waals surface area contributed by atoms with Crippen molar-refractivity contribution in [2.75, 3.05) is 32.7 Å². The standard InChI is InChI=1S/C16H30N4/c1-2-6-14(7-3-1)13-20-11-4-8-15(20)12-19-16-17-9-5-10-18-16/h14-15H,1-13H2,(H2,17,18,19). The van der Waals surface area contributed by atoms with Crippen LogP contribution in [-0.4, -0.2) is 49.6 Å². The molecule has 0 spiro atoms. The maximum atomic E-state index is 4.51. The lowest BCUT2D eigenvalue weighted by Crippen LogP contribution is -2.47. The van der Waals surface area contributed by atoms with Crippen molar-refractivity contribution in [3.63, 3.8) is 0 Å². The maximum absolute atomic E-state index is 4.51. The van der Waals surface area contributed by atoms with Crippen molar-refractivity contribution < 1.29 is 0 Å². The fourth-order valence-electron chi connectivity index (χ4n) is 3.93. The smallest absolute Gasteiger partial charge is 0.191 e. The van der Waals surface area contributed by atoms with Crippen LogP contribution in [0.5, 0.6) is 0 Å². The Labute approximate surface area is 123 Å². The van der Waals surface area contributed by atoms with Gasteiger partial charge in [-0.1, -0.05) is 19.3 Å². The van der Waals surface area contributed by atoms with Gasteiger partial charge in [-0.2, -0.15) is 0 Å². The van der Waals surface area contributed by atoms with Crippen molar-refractivity contribution in [3.05, 3.63) is 0 Å². The van der Waals surface area contributed by atoms with Crippen LogP contribution in [0.15, 0.2) is 4.99 Å². The second-order valence-corrected chi connectivity index (χ2v) is 6.69. The van der Waals surface area contributed by atoms with Gasteiger partial charge in [0.2, 0.25) is 0 Å². The van der Waals surface area contributed by atoms with E-state index in [9.17, 15) is 0 Å². The van der Waals surface area contributed by atoms with Gasteiger partial charge in [0.15, 0.2) is 5.96 Å². The summed E-state index contributed by atoms with van der Waals surface area (Å²) >= 11 is 0. The molecule has 4 heteroatoms. The summed E-state index contributed by atoms with van der Waals surface area (Å²) in [5, 5.41) is 6.89. The first-order chi connectivity index (χ1) is 9.92. The molecule has 0 aromatic rings. The van der Waals surface area contributed by atoms with Gasteiger partial charge in [0.05, 0.1) is 0 Å². The van der Waals surface area contributed by atoms with E-state index >= 15 is 0 Å². The summed E-state index contributed by atoms with van der Waals surface area (Å²) in [5.74, 6) is 2.00. The van der Waals surface area contributed by atoms with Gasteiger partial charge in [0.25, 0.3) is 0 Å². The summed E-state index contributed by atoms with van der Waals surface area (Å²) < 4.78 is 0. The molecular formula is C16H30N4. The third kappa shape index (κ3) is 3.87. The number of guanidine groups is 1. The van der Waals surface area contributed by atoms with Crippen molar-refractivity contribution in [1.29, 1.82) is 0 Å². The lowest BCUT2D eigenvalue weighted by atomic mass is 9.89. The van der Waals surface area contributed by atoms with Gasteiger partial charge < -0.3 is 10.6 Å². The molecule has 0 radical (unpaired) electrons. The van der Waals surface area contributed by atoms with E-state index in [0.29, 0.717) is 0 Å². The van der Waals surface area contributed by atoms with E-state index in [4.69, 9.17) is 0 Å². The lowest BCUT2D eigenvalue weighted by molar-refractivity contribution is 0.188. The molecule has 1 saturated heterocycles. The van der Waals surface area contributed by atoms with Crippen molar-refractivity contribution in [2.24, 2.45) is 10.9 Å². The first-order valence-corrected chi connectivity index (χ1v) is 8.68. The quantitative estimate of drug-likeness (QED) is 0.826. The monoisotopic (exact) mass is 278 g/mol. The molecule has 2 N–H and O–H groups in total. The molecule has 0 aromatic heterocycles. The van der Waals surface area contributed by atoms with Gasteiger partial charge in [-0.05, 0) is 44.6 Å². The molecule has 3 rings (SSSR count). The van der Waals surface area contributed by atoms with Gasteiger partial charge in [-0.15, -0.1) is 0 Å². The highest BCUT2D eigenvalue weighted by Gasteiger charge is 2.27. The maximum Gasteiger partial charge on any atom is 0.191 e. The molecule has 1 atom stereocenters. The zero-order valence-corrected chi connectivity index (χ0v) is 12.7. The van der Waals surface area contributed by atoms with Crippen LogP contribution in [0.25, 0.3) is 0 Å². The Bertz CT molecular complexity index is 322. The normalized spacial score (nSPS) is 29.0. The third-order valence-corrected chi connectivity index (χ3v) is 5.12. The number of nitrogens with one attached hydrogen (secondary N) is 2. The van der Waals surface area contributed by atoms with E-state index in [2.05, 4.69) is 20.5 Å². The van der Waals surface area contributed by atoms with Crippen molar-refractivity contribution >= 4 is 5.96 Å². The minimum Gasteiger partial charge on any atom is -0.356 e. The molecule has 2 aliphatic heterocycles. The zero-order valence-electron chi connectivity index (χ0n) is 12.7. The summed E-state index contributed by atoms with van der Waals surface area (Å²) in [6.45, 7) is 5.77. The van der Waals surface area contributed by atoms with Crippen molar-refractivity contribution in [3.8, 4) is 0 Å². The Hall–Kier alpha value is -0.770. The van der Waals surface area contributed by atoms with Gasteiger partial charge in [-0.25, -0.2) is 0 Å². The highest BCUT2D eigenvalue weighted by atomic mass is 15.2. The van der Waals surface area contributed by atoms with Gasteiger partial charge in [0.1, 0.15) is 0 Å². The fourth-order valence-corrected chi connectivity index (χ4v) is 3.93. The highest BCUT2D eigenvalue weighted by molar-refractivity contribution is 5.80. The third-order valence-electron chi connectivity index (χ3n) is 5.12. The molecule has 1 unspecified atom stereocenters. The molecule has 20 heavy (non-hydrogen) atoms. The number of likely N-dealkylation sites (tertiary alicyclic amines) is 1. The number of aliphatic imine (C=N–C) groups is 1. The van der Waals surface area contributed by atoms with E-state index in [-0.39, 0.29) is 0 Å². The SMILES string of the molecule is C1CCC(CN2CCCC2CNC2=NCCCN2)CC1. The second kappa shape index (κ2) is 7.30. The fraction of sp³-hybridized carbons (Fsp3) is 0.938. The van der Waals surface area contributed by atoms with Gasteiger partial charge in [-0.3, -0.25) is 9.89 Å².